The quantitative estimate of drug-likeness (QED) is 0.493. The number of phenols is 1. The number of aromatic nitrogens is 4. The molecule has 1 aromatic carbocycles. The van der Waals surface area contributed by atoms with Crippen LogP contribution >= 0.6 is 11.6 Å². The van der Waals surface area contributed by atoms with Crippen molar-refractivity contribution in [3.63, 3.8) is 0 Å². The van der Waals surface area contributed by atoms with Gasteiger partial charge in [-0.2, -0.15) is 4.98 Å². The van der Waals surface area contributed by atoms with Gasteiger partial charge in [0.25, 0.3) is 0 Å². The molecule has 4 rings (SSSR count). The Hall–Kier alpha value is -2.86. The van der Waals surface area contributed by atoms with E-state index < -0.39 is 0 Å². The first-order valence-electron chi connectivity index (χ1n) is 8.20. The number of fused-ring (bicyclic) bond motifs is 3. The van der Waals surface area contributed by atoms with Crippen LogP contribution in [0.1, 0.15) is 22.4 Å². The van der Waals surface area contributed by atoms with Crippen LogP contribution in [-0.4, -0.2) is 24.6 Å². The van der Waals surface area contributed by atoms with Gasteiger partial charge in [0.15, 0.2) is 5.65 Å². The molecule has 0 bridgehead atoms. The second-order valence-electron chi connectivity index (χ2n) is 6.55. The van der Waals surface area contributed by atoms with Gasteiger partial charge in [0.1, 0.15) is 17.2 Å². The number of phenolic OH excluding ortho intramolecular Hbond substituents is 1. The molecule has 0 unspecified atom stereocenters. The summed E-state index contributed by atoms with van der Waals surface area (Å²) in [5.74, 6) is 0.516. The van der Waals surface area contributed by atoms with Gasteiger partial charge < -0.3 is 10.8 Å². The summed E-state index contributed by atoms with van der Waals surface area (Å²) in [7, 11) is 0. The lowest BCUT2D eigenvalue weighted by atomic mass is 10.1. The Morgan fingerprint density at radius 2 is 1.73 bits per heavy atom. The first-order chi connectivity index (χ1) is 12.3. The van der Waals surface area contributed by atoms with Gasteiger partial charge in [0.05, 0.1) is 11.1 Å². The average molecular weight is 368 g/mol. The fourth-order valence-corrected chi connectivity index (χ4v) is 3.56. The summed E-state index contributed by atoms with van der Waals surface area (Å²) in [5.41, 5.74) is 12.0. The maximum atomic E-state index is 10.3. The van der Waals surface area contributed by atoms with E-state index in [1.165, 1.54) is 0 Å². The molecule has 0 amide bonds. The molecule has 26 heavy (non-hydrogen) atoms. The highest BCUT2D eigenvalue weighted by atomic mass is 35.5. The van der Waals surface area contributed by atoms with E-state index in [1.807, 2.05) is 44.4 Å². The molecule has 0 atom stereocenters. The summed E-state index contributed by atoms with van der Waals surface area (Å²) in [6, 6.07) is 5.58. The Balaban J connectivity index is 2.32. The molecule has 0 aliphatic carbocycles. The molecular formula is C19H18ClN5O. The third-order valence-corrected chi connectivity index (χ3v) is 5.03. The van der Waals surface area contributed by atoms with E-state index in [2.05, 4.69) is 9.97 Å². The van der Waals surface area contributed by atoms with Crippen molar-refractivity contribution in [1.29, 1.82) is 0 Å². The number of aromatic hydroxyl groups is 1. The van der Waals surface area contributed by atoms with Crippen molar-refractivity contribution in [2.75, 3.05) is 5.73 Å². The first kappa shape index (κ1) is 16.6. The van der Waals surface area contributed by atoms with Gasteiger partial charge in [-0.1, -0.05) is 6.07 Å². The van der Waals surface area contributed by atoms with E-state index >= 15 is 0 Å². The molecule has 0 saturated heterocycles. The number of hydrogen-bond acceptors (Lipinski definition) is 5. The minimum atomic E-state index is 0.0722. The van der Waals surface area contributed by atoms with Crippen LogP contribution in [0.4, 0.5) is 5.82 Å². The fourth-order valence-electron chi connectivity index (χ4n) is 3.39. The van der Waals surface area contributed by atoms with E-state index in [0.29, 0.717) is 22.5 Å². The van der Waals surface area contributed by atoms with Gasteiger partial charge in [-0.25, -0.2) is 9.97 Å². The Morgan fingerprint density at radius 1 is 1.00 bits per heavy atom. The monoisotopic (exact) mass is 367 g/mol. The van der Waals surface area contributed by atoms with Crippen molar-refractivity contribution in [2.24, 2.45) is 0 Å². The zero-order chi connectivity index (χ0) is 18.7. The largest absolute Gasteiger partial charge is 0.508 e. The van der Waals surface area contributed by atoms with Crippen molar-refractivity contribution in [2.45, 2.75) is 27.7 Å². The van der Waals surface area contributed by atoms with Crippen LogP contribution in [0.25, 0.3) is 27.8 Å². The normalized spacial score (nSPS) is 11.6. The molecular weight excluding hydrogens is 350 g/mol. The number of rotatable bonds is 1. The highest BCUT2D eigenvalue weighted by molar-refractivity contribution is 6.29. The number of nitrogen functional groups attached to an aromatic ring is 1. The van der Waals surface area contributed by atoms with Gasteiger partial charge in [-0.3, -0.25) is 4.57 Å². The molecule has 132 valence electrons. The van der Waals surface area contributed by atoms with Gasteiger partial charge in [0, 0.05) is 16.6 Å². The number of benzene rings is 1. The number of nitrogens with zero attached hydrogens (tertiary/aromatic N) is 4. The lowest BCUT2D eigenvalue weighted by Gasteiger charge is -2.14. The summed E-state index contributed by atoms with van der Waals surface area (Å²) in [6.45, 7) is 7.80. The molecule has 3 N–H and O–H groups in total. The summed E-state index contributed by atoms with van der Waals surface area (Å²) in [4.78, 5) is 13.3. The SMILES string of the molecule is Cc1cc2c3c(N)nc(Cl)nc3n(-c3c(C)ccc(O)c3C)c2nc1C. The number of anilines is 1. The second-order valence-corrected chi connectivity index (χ2v) is 6.89. The van der Waals surface area contributed by atoms with Crippen molar-refractivity contribution in [1.82, 2.24) is 19.5 Å². The van der Waals surface area contributed by atoms with Gasteiger partial charge in [-0.15, -0.1) is 0 Å². The number of halogens is 1. The number of nitrogens with two attached hydrogens (primary N) is 1. The van der Waals surface area contributed by atoms with Gasteiger partial charge in [0.2, 0.25) is 5.28 Å². The van der Waals surface area contributed by atoms with Crippen LogP contribution in [0.2, 0.25) is 5.28 Å². The van der Waals surface area contributed by atoms with Crippen LogP contribution in [-0.2, 0) is 0 Å². The molecule has 0 radical (unpaired) electrons. The van der Waals surface area contributed by atoms with Crippen LogP contribution < -0.4 is 5.73 Å². The molecule has 0 spiro atoms. The minimum Gasteiger partial charge on any atom is -0.508 e. The maximum absolute atomic E-state index is 10.3. The molecule has 4 aromatic rings. The molecule has 7 heteroatoms. The van der Waals surface area contributed by atoms with E-state index in [-0.39, 0.29) is 11.0 Å². The van der Waals surface area contributed by atoms with Crippen LogP contribution in [0.3, 0.4) is 0 Å². The third kappa shape index (κ3) is 2.22. The van der Waals surface area contributed by atoms with E-state index in [4.69, 9.17) is 22.3 Å². The molecule has 3 aromatic heterocycles. The standard InChI is InChI=1S/C19H18ClN5O/c1-8-5-6-13(26)10(3)15(8)25-17-12(7-9(2)11(4)22-17)14-16(21)23-19(20)24-18(14)25/h5-7,26H,1-4H3,(H2,21,23,24). The number of aryl methyl sites for hydroxylation is 3. The van der Waals surface area contributed by atoms with Crippen molar-refractivity contribution in [3.05, 3.63) is 45.9 Å². The maximum Gasteiger partial charge on any atom is 0.226 e. The number of hydrogen-bond donors (Lipinski definition) is 2. The predicted octanol–water partition coefficient (Wildman–Crippen LogP) is 4.14. The Bertz CT molecular complexity index is 1210. The zero-order valence-electron chi connectivity index (χ0n) is 14.9. The predicted molar refractivity (Wildman–Crippen MR) is 104 cm³/mol. The molecule has 0 aliphatic rings. The summed E-state index contributed by atoms with van der Waals surface area (Å²) in [6.07, 6.45) is 0. The highest BCUT2D eigenvalue weighted by Gasteiger charge is 2.22. The summed E-state index contributed by atoms with van der Waals surface area (Å²) >= 11 is 6.10. The van der Waals surface area contributed by atoms with Crippen LogP contribution in [0.15, 0.2) is 18.2 Å². The molecule has 0 saturated carbocycles. The average Bonchev–Trinajstić information content (AvgIpc) is 2.86. The smallest absolute Gasteiger partial charge is 0.226 e. The highest BCUT2D eigenvalue weighted by Crippen LogP contribution is 2.37. The van der Waals surface area contributed by atoms with E-state index in [9.17, 15) is 5.11 Å². The number of pyridine rings is 1. The van der Waals surface area contributed by atoms with Crippen molar-refractivity contribution >= 4 is 39.5 Å². The molecule has 0 fully saturated rings. The topological polar surface area (TPSA) is 89.8 Å². The Kier molecular flexibility index (Phi) is 3.56. The summed E-state index contributed by atoms with van der Waals surface area (Å²) < 4.78 is 1.91. The van der Waals surface area contributed by atoms with Gasteiger partial charge in [-0.05, 0) is 62.6 Å². The molecule has 0 aliphatic heterocycles. The van der Waals surface area contributed by atoms with Crippen LogP contribution in [0.5, 0.6) is 5.75 Å². The fraction of sp³-hybridized carbons (Fsp3) is 0.211. The third-order valence-electron chi connectivity index (χ3n) is 4.86. The zero-order valence-corrected chi connectivity index (χ0v) is 15.7. The van der Waals surface area contributed by atoms with Crippen molar-refractivity contribution in [3.8, 4) is 11.4 Å². The minimum absolute atomic E-state index is 0.0722. The first-order valence-corrected chi connectivity index (χ1v) is 8.58. The molecule has 3 heterocycles. The Labute approximate surface area is 155 Å². The summed E-state index contributed by atoms with van der Waals surface area (Å²) in [5, 5.41) is 11.9. The van der Waals surface area contributed by atoms with E-state index in [0.717, 1.165) is 33.5 Å². The lowest BCUT2D eigenvalue weighted by Crippen LogP contribution is -2.04. The van der Waals surface area contributed by atoms with Crippen molar-refractivity contribution < 1.29 is 5.11 Å². The van der Waals surface area contributed by atoms with E-state index in [1.54, 1.807) is 6.07 Å². The Morgan fingerprint density at radius 3 is 2.46 bits per heavy atom. The molecule has 6 nitrogen and oxygen atoms in total. The second kappa shape index (κ2) is 5.57. The van der Waals surface area contributed by atoms with Crippen LogP contribution in [0, 0.1) is 27.7 Å². The van der Waals surface area contributed by atoms with Gasteiger partial charge >= 0.3 is 0 Å². The lowest BCUT2D eigenvalue weighted by molar-refractivity contribution is 0.470.